The third-order valence-electron chi connectivity index (χ3n) is 5.56. The van der Waals surface area contributed by atoms with Crippen LogP contribution in [0.5, 0.6) is 0 Å². The first kappa shape index (κ1) is 21.7. The molecule has 1 N–H and O–H groups in total. The molecule has 0 aromatic heterocycles. The van der Waals surface area contributed by atoms with Gasteiger partial charge in [0, 0.05) is 34.3 Å². The molecule has 8 heteroatoms. The molecule has 2 aromatic carbocycles. The van der Waals surface area contributed by atoms with Gasteiger partial charge in [-0.2, -0.15) is 0 Å². The van der Waals surface area contributed by atoms with Crippen molar-refractivity contribution in [3.8, 4) is 0 Å². The van der Waals surface area contributed by atoms with Crippen LogP contribution >= 0.6 is 23.4 Å². The lowest BCUT2D eigenvalue weighted by molar-refractivity contribution is -0.120. The minimum absolute atomic E-state index is 0.0216. The quantitative estimate of drug-likeness (QED) is 0.740. The van der Waals surface area contributed by atoms with Crippen molar-refractivity contribution in [2.24, 2.45) is 0 Å². The van der Waals surface area contributed by atoms with Gasteiger partial charge in [-0.3, -0.25) is 14.4 Å². The number of hydrogen-bond donors (Lipinski definition) is 1. The number of carbonyl (C=O) groups excluding carboxylic acids is 3. The number of halogens is 1. The molecule has 2 aliphatic rings. The van der Waals surface area contributed by atoms with Gasteiger partial charge in [0.15, 0.2) is 0 Å². The van der Waals surface area contributed by atoms with Crippen molar-refractivity contribution in [3.05, 3.63) is 52.5 Å². The SMILES string of the molecule is Cc1cc(Cl)ccc1NC(=O)CN1C(=O)CSc2ccc(C(=O)N3CCCCC3)cc21. The van der Waals surface area contributed by atoms with E-state index in [0.29, 0.717) is 22.0 Å². The van der Waals surface area contributed by atoms with Crippen LogP contribution in [0.4, 0.5) is 11.4 Å². The van der Waals surface area contributed by atoms with E-state index in [0.717, 1.165) is 42.8 Å². The fraction of sp³-hybridized carbons (Fsp3) is 0.348. The third kappa shape index (κ3) is 4.88. The fourth-order valence-electron chi connectivity index (χ4n) is 3.89. The molecule has 0 aliphatic carbocycles. The van der Waals surface area contributed by atoms with Crippen molar-refractivity contribution in [3.63, 3.8) is 0 Å². The van der Waals surface area contributed by atoms with Gasteiger partial charge in [-0.15, -0.1) is 11.8 Å². The number of thioether (sulfide) groups is 1. The Hall–Kier alpha value is -2.51. The highest BCUT2D eigenvalue weighted by Crippen LogP contribution is 2.36. The predicted molar refractivity (Wildman–Crippen MR) is 124 cm³/mol. The molecule has 31 heavy (non-hydrogen) atoms. The molecule has 1 fully saturated rings. The van der Waals surface area contributed by atoms with Crippen LogP contribution in [-0.4, -0.2) is 48.0 Å². The number of hydrogen-bond acceptors (Lipinski definition) is 4. The second-order valence-corrected chi connectivity index (χ2v) is 9.26. The monoisotopic (exact) mass is 457 g/mol. The molecule has 2 aromatic rings. The first-order chi connectivity index (χ1) is 14.9. The number of likely N-dealkylation sites (tertiary alicyclic amines) is 1. The van der Waals surface area contributed by atoms with Gasteiger partial charge in [-0.25, -0.2) is 0 Å². The largest absolute Gasteiger partial charge is 0.339 e. The molecule has 2 heterocycles. The van der Waals surface area contributed by atoms with Gasteiger partial charge < -0.3 is 15.1 Å². The third-order valence-corrected chi connectivity index (χ3v) is 6.84. The lowest BCUT2D eigenvalue weighted by atomic mass is 10.1. The van der Waals surface area contributed by atoms with Gasteiger partial charge in [0.25, 0.3) is 5.91 Å². The van der Waals surface area contributed by atoms with E-state index in [1.807, 2.05) is 24.0 Å². The van der Waals surface area contributed by atoms with Gasteiger partial charge in [0.1, 0.15) is 6.54 Å². The molecular formula is C23H24ClN3O3S. The van der Waals surface area contributed by atoms with Gasteiger partial charge in [-0.05, 0) is 68.1 Å². The average molecular weight is 458 g/mol. The summed E-state index contributed by atoms with van der Waals surface area (Å²) in [6, 6.07) is 10.7. The minimum Gasteiger partial charge on any atom is -0.339 e. The zero-order valence-corrected chi connectivity index (χ0v) is 18.9. The van der Waals surface area contributed by atoms with E-state index >= 15 is 0 Å². The molecule has 1 saturated heterocycles. The first-order valence-electron chi connectivity index (χ1n) is 10.3. The summed E-state index contributed by atoms with van der Waals surface area (Å²) in [5.41, 5.74) is 2.67. The second-order valence-electron chi connectivity index (χ2n) is 7.81. The van der Waals surface area contributed by atoms with Crippen LogP contribution in [0.15, 0.2) is 41.3 Å². The van der Waals surface area contributed by atoms with Crippen molar-refractivity contribution in [2.75, 3.05) is 35.6 Å². The van der Waals surface area contributed by atoms with Crippen LogP contribution < -0.4 is 10.2 Å². The lowest BCUT2D eigenvalue weighted by Gasteiger charge is -2.30. The maximum atomic E-state index is 12.9. The Kier molecular flexibility index (Phi) is 6.53. The number of nitrogens with zero attached hydrogens (tertiary/aromatic N) is 2. The molecule has 0 atom stereocenters. The number of piperidine rings is 1. The summed E-state index contributed by atoms with van der Waals surface area (Å²) >= 11 is 7.41. The lowest BCUT2D eigenvalue weighted by Crippen LogP contribution is -2.41. The van der Waals surface area contributed by atoms with Crippen molar-refractivity contribution in [1.29, 1.82) is 0 Å². The molecule has 0 spiro atoms. The summed E-state index contributed by atoms with van der Waals surface area (Å²) in [6.45, 7) is 3.26. The highest BCUT2D eigenvalue weighted by Gasteiger charge is 2.28. The number of aryl methyl sites for hydroxylation is 1. The van der Waals surface area contributed by atoms with E-state index in [1.54, 1.807) is 24.3 Å². The van der Waals surface area contributed by atoms with Gasteiger partial charge in [-0.1, -0.05) is 11.6 Å². The van der Waals surface area contributed by atoms with Crippen LogP contribution in [0.25, 0.3) is 0 Å². The number of benzene rings is 2. The van der Waals surface area contributed by atoms with Crippen LogP contribution in [0.1, 0.15) is 35.2 Å². The van der Waals surface area contributed by atoms with E-state index in [9.17, 15) is 14.4 Å². The van der Waals surface area contributed by atoms with Gasteiger partial charge in [0.05, 0.1) is 11.4 Å². The topological polar surface area (TPSA) is 69.7 Å². The summed E-state index contributed by atoms with van der Waals surface area (Å²) in [7, 11) is 0. The first-order valence-corrected chi connectivity index (χ1v) is 11.7. The molecule has 2 aliphatic heterocycles. The number of nitrogens with one attached hydrogen (secondary N) is 1. The van der Waals surface area contributed by atoms with E-state index in [2.05, 4.69) is 5.32 Å². The Morgan fingerprint density at radius 2 is 1.87 bits per heavy atom. The smallest absolute Gasteiger partial charge is 0.253 e. The van der Waals surface area contributed by atoms with Crippen molar-refractivity contribution in [1.82, 2.24) is 4.90 Å². The summed E-state index contributed by atoms with van der Waals surface area (Å²) in [6.07, 6.45) is 3.18. The maximum Gasteiger partial charge on any atom is 0.253 e. The van der Waals surface area contributed by atoms with Crippen LogP contribution in [-0.2, 0) is 9.59 Å². The summed E-state index contributed by atoms with van der Waals surface area (Å²) in [5.74, 6) is -0.209. The van der Waals surface area contributed by atoms with E-state index in [4.69, 9.17) is 11.6 Å². The predicted octanol–water partition coefficient (Wildman–Crippen LogP) is 4.35. The second kappa shape index (κ2) is 9.32. The molecule has 0 radical (unpaired) electrons. The summed E-state index contributed by atoms with van der Waals surface area (Å²) < 4.78 is 0. The Morgan fingerprint density at radius 3 is 2.61 bits per heavy atom. The Labute approximate surface area is 190 Å². The van der Waals surface area contributed by atoms with E-state index in [1.165, 1.54) is 16.7 Å². The van der Waals surface area contributed by atoms with E-state index < -0.39 is 0 Å². The average Bonchev–Trinajstić information content (AvgIpc) is 2.77. The fourth-order valence-corrected chi connectivity index (χ4v) is 5.03. The maximum absolute atomic E-state index is 12.9. The Bertz CT molecular complexity index is 1040. The zero-order valence-electron chi connectivity index (χ0n) is 17.3. The molecule has 0 saturated carbocycles. The molecular weight excluding hydrogens is 434 g/mol. The van der Waals surface area contributed by atoms with Crippen molar-refractivity contribution < 1.29 is 14.4 Å². The number of rotatable bonds is 4. The van der Waals surface area contributed by atoms with Crippen LogP contribution in [0, 0.1) is 6.92 Å². The minimum atomic E-state index is -0.301. The summed E-state index contributed by atoms with van der Waals surface area (Å²) in [4.78, 5) is 42.5. The number of carbonyl (C=O) groups is 3. The Balaban J connectivity index is 1.54. The van der Waals surface area contributed by atoms with Gasteiger partial charge >= 0.3 is 0 Å². The van der Waals surface area contributed by atoms with Crippen LogP contribution in [0.2, 0.25) is 5.02 Å². The highest BCUT2D eigenvalue weighted by molar-refractivity contribution is 8.00. The normalized spacial score (nSPS) is 16.1. The molecule has 162 valence electrons. The van der Waals surface area contributed by atoms with Crippen molar-refractivity contribution >= 4 is 52.5 Å². The zero-order chi connectivity index (χ0) is 22.0. The van der Waals surface area contributed by atoms with Crippen LogP contribution in [0.3, 0.4) is 0 Å². The van der Waals surface area contributed by atoms with Gasteiger partial charge in [0.2, 0.25) is 11.8 Å². The van der Waals surface area contributed by atoms with Crippen molar-refractivity contribution in [2.45, 2.75) is 31.1 Å². The highest BCUT2D eigenvalue weighted by atomic mass is 35.5. The summed E-state index contributed by atoms with van der Waals surface area (Å²) in [5, 5.41) is 3.45. The number of fused-ring (bicyclic) bond motifs is 1. The molecule has 0 bridgehead atoms. The standard InChI is InChI=1S/C23H24ClN3O3S/c1-15-11-17(24)6-7-18(15)25-21(28)13-27-19-12-16(5-8-20(19)31-14-22(27)29)23(30)26-9-3-2-4-10-26/h5-8,11-12H,2-4,9-10,13-14H2,1H3,(H,25,28). The Morgan fingerprint density at radius 1 is 1.10 bits per heavy atom. The molecule has 4 rings (SSSR count). The molecule has 6 nitrogen and oxygen atoms in total. The number of anilines is 2. The number of amides is 3. The molecule has 3 amide bonds. The molecule has 0 unspecified atom stereocenters. The van der Waals surface area contributed by atoms with E-state index in [-0.39, 0.29) is 30.0 Å².